The number of hydrogen-bond acceptors (Lipinski definition) is 6. The van der Waals surface area contributed by atoms with Crippen molar-refractivity contribution in [3.8, 4) is 0 Å². The van der Waals surface area contributed by atoms with Gasteiger partial charge in [-0.15, -0.1) is 10.2 Å². The van der Waals surface area contributed by atoms with E-state index in [0.717, 1.165) is 11.1 Å². The van der Waals surface area contributed by atoms with Crippen molar-refractivity contribution in [2.75, 3.05) is 0 Å². The summed E-state index contributed by atoms with van der Waals surface area (Å²) in [6, 6.07) is 11.5. The predicted molar refractivity (Wildman–Crippen MR) is 107 cm³/mol. The minimum absolute atomic E-state index is 0.0312. The van der Waals surface area contributed by atoms with E-state index in [1.165, 1.54) is 23.9 Å². The monoisotopic (exact) mass is 421 g/mol. The molecule has 0 saturated heterocycles. The maximum atomic E-state index is 10.7. The fourth-order valence-corrected chi connectivity index (χ4v) is 3.64. The molecular formula is C17H13Cl2N5O2S. The van der Waals surface area contributed by atoms with Crippen molar-refractivity contribution in [2.24, 2.45) is 5.10 Å². The minimum atomic E-state index is -0.443. The van der Waals surface area contributed by atoms with Crippen molar-refractivity contribution < 1.29 is 4.92 Å². The molecule has 0 aliphatic heterocycles. The van der Waals surface area contributed by atoms with E-state index >= 15 is 0 Å². The number of thioether (sulfide) groups is 1. The van der Waals surface area contributed by atoms with Gasteiger partial charge in [0, 0.05) is 27.9 Å². The van der Waals surface area contributed by atoms with E-state index in [1.54, 1.807) is 42.1 Å². The van der Waals surface area contributed by atoms with Gasteiger partial charge in [-0.2, -0.15) is 9.78 Å². The summed E-state index contributed by atoms with van der Waals surface area (Å²) in [7, 11) is 0. The van der Waals surface area contributed by atoms with Crippen molar-refractivity contribution in [3.63, 3.8) is 0 Å². The average Bonchev–Trinajstić information content (AvgIpc) is 2.99. The highest BCUT2D eigenvalue weighted by atomic mass is 35.5. The number of rotatable bonds is 6. The first-order valence-electron chi connectivity index (χ1n) is 7.71. The summed E-state index contributed by atoms with van der Waals surface area (Å²) in [6.45, 7) is 1.79. The predicted octanol–water partition coefficient (Wildman–Crippen LogP) is 4.98. The number of nitrogens with zero attached hydrogens (tertiary/aromatic N) is 5. The highest BCUT2D eigenvalue weighted by Crippen LogP contribution is 2.28. The average molecular weight is 422 g/mol. The molecule has 0 atom stereocenters. The van der Waals surface area contributed by atoms with Crippen LogP contribution in [-0.4, -0.2) is 26.0 Å². The first-order chi connectivity index (χ1) is 12.9. The summed E-state index contributed by atoms with van der Waals surface area (Å²) in [6.07, 6.45) is 1.60. The van der Waals surface area contributed by atoms with Gasteiger partial charge in [0.25, 0.3) is 5.69 Å². The Balaban J connectivity index is 1.75. The molecule has 0 bridgehead atoms. The van der Waals surface area contributed by atoms with Crippen LogP contribution in [0.3, 0.4) is 0 Å². The molecule has 3 aromatic rings. The first kappa shape index (κ1) is 19.3. The van der Waals surface area contributed by atoms with Gasteiger partial charge < -0.3 is 0 Å². The number of hydrogen-bond donors (Lipinski definition) is 0. The summed E-state index contributed by atoms with van der Waals surface area (Å²) in [4.78, 5) is 10.3. The fourth-order valence-electron chi connectivity index (χ4n) is 2.15. The zero-order valence-electron chi connectivity index (χ0n) is 14.0. The molecule has 0 N–H and O–H groups in total. The van der Waals surface area contributed by atoms with Gasteiger partial charge in [-0.1, -0.05) is 41.0 Å². The highest BCUT2D eigenvalue weighted by Gasteiger charge is 2.10. The van der Waals surface area contributed by atoms with Crippen LogP contribution < -0.4 is 0 Å². The molecule has 10 heteroatoms. The smallest absolute Gasteiger partial charge is 0.258 e. The Morgan fingerprint density at radius 2 is 1.96 bits per heavy atom. The van der Waals surface area contributed by atoms with E-state index in [0.29, 0.717) is 26.8 Å². The summed E-state index contributed by atoms with van der Waals surface area (Å²) in [5, 5.41) is 25.1. The van der Waals surface area contributed by atoms with Crippen LogP contribution in [0.15, 0.2) is 52.7 Å². The summed E-state index contributed by atoms with van der Waals surface area (Å²) < 4.78 is 1.61. The maximum Gasteiger partial charge on any atom is 0.269 e. The number of nitro groups is 1. The Kier molecular flexibility index (Phi) is 6.10. The number of benzene rings is 2. The van der Waals surface area contributed by atoms with E-state index in [-0.39, 0.29) is 5.69 Å². The van der Waals surface area contributed by atoms with Crippen LogP contribution in [-0.2, 0) is 5.75 Å². The van der Waals surface area contributed by atoms with Crippen LogP contribution in [0, 0.1) is 17.0 Å². The van der Waals surface area contributed by atoms with E-state index in [4.69, 9.17) is 23.2 Å². The maximum absolute atomic E-state index is 10.7. The van der Waals surface area contributed by atoms with E-state index in [2.05, 4.69) is 15.3 Å². The normalized spacial score (nSPS) is 11.2. The highest BCUT2D eigenvalue weighted by molar-refractivity contribution is 7.98. The molecule has 27 heavy (non-hydrogen) atoms. The second-order valence-corrected chi connectivity index (χ2v) is 7.25. The largest absolute Gasteiger partial charge is 0.269 e. The SMILES string of the molecule is Cc1nnc(SCc2ccc(Cl)cc2Cl)n1/N=C/c1ccc([N+](=O)[O-])cc1. The third kappa shape index (κ3) is 4.85. The van der Waals surface area contributed by atoms with Crippen LogP contribution in [0.4, 0.5) is 5.69 Å². The number of halogens is 2. The lowest BCUT2D eigenvalue weighted by Crippen LogP contribution is -1.97. The molecule has 0 unspecified atom stereocenters. The number of aryl methyl sites for hydroxylation is 1. The van der Waals surface area contributed by atoms with Gasteiger partial charge in [-0.3, -0.25) is 10.1 Å². The lowest BCUT2D eigenvalue weighted by Gasteiger charge is -2.05. The van der Waals surface area contributed by atoms with Gasteiger partial charge >= 0.3 is 0 Å². The lowest BCUT2D eigenvalue weighted by atomic mass is 10.2. The molecule has 0 fully saturated rings. The Bertz CT molecular complexity index is 1010. The van der Waals surface area contributed by atoms with Crippen molar-refractivity contribution >= 4 is 46.9 Å². The Labute approximate surface area is 169 Å². The van der Waals surface area contributed by atoms with Gasteiger partial charge in [0.05, 0.1) is 11.1 Å². The van der Waals surface area contributed by atoms with Gasteiger partial charge in [0.1, 0.15) is 0 Å². The minimum Gasteiger partial charge on any atom is -0.258 e. The molecule has 1 aromatic heterocycles. The Morgan fingerprint density at radius 3 is 2.63 bits per heavy atom. The zero-order valence-corrected chi connectivity index (χ0v) is 16.4. The molecule has 0 saturated carbocycles. The van der Waals surface area contributed by atoms with Gasteiger partial charge in [-0.05, 0) is 42.3 Å². The summed E-state index contributed by atoms with van der Waals surface area (Å²) in [5.74, 6) is 1.21. The van der Waals surface area contributed by atoms with Crippen LogP contribution in [0.2, 0.25) is 10.0 Å². The van der Waals surface area contributed by atoms with Crippen molar-refractivity contribution in [1.29, 1.82) is 0 Å². The standard InChI is InChI=1S/C17H13Cl2N5O2S/c1-11-21-22-17(27-10-13-4-5-14(18)8-16(13)19)23(11)20-9-12-2-6-15(7-3-12)24(25)26/h2-9H,10H2,1H3/b20-9+. The van der Waals surface area contributed by atoms with Gasteiger partial charge in [-0.25, -0.2) is 0 Å². The molecule has 0 aliphatic carbocycles. The van der Waals surface area contributed by atoms with Gasteiger partial charge in [0.2, 0.25) is 5.16 Å². The topological polar surface area (TPSA) is 86.2 Å². The zero-order chi connectivity index (χ0) is 19.4. The number of nitro benzene ring substituents is 1. The van der Waals surface area contributed by atoms with Crippen LogP contribution in [0.25, 0.3) is 0 Å². The fraction of sp³-hybridized carbons (Fsp3) is 0.118. The number of aromatic nitrogens is 3. The molecule has 138 valence electrons. The molecule has 0 spiro atoms. The second kappa shape index (κ2) is 8.51. The van der Waals surface area contributed by atoms with Crippen LogP contribution in [0.5, 0.6) is 0 Å². The van der Waals surface area contributed by atoms with E-state index in [1.807, 2.05) is 6.07 Å². The lowest BCUT2D eigenvalue weighted by molar-refractivity contribution is -0.384. The quantitative estimate of drug-likeness (QED) is 0.242. The molecule has 2 aromatic carbocycles. The number of non-ortho nitro benzene ring substituents is 1. The van der Waals surface area contributed by atoms with Crippen LogP contribution >= 0.6 is 35.0 Å². The van der Waals surface area contributed by atoms with Crippen LogP contribution in [0.1, 0.15) is 17.0 Å². The molecule has 3 rings (SSSR count). The first-order valence-corrected chi connectivity index (χ1v) is 9.46. The van der Waals surface area contributed by atoms with Crippen molar-refractivity contribution in [1.82, 2.24) is 14.9 Å². The second-order valence-electron chi connectivity index (χ2n) is 5.46. The molecule has 0 amide bonds. The molecule has 1 heterocycles. The molecule has 0 radical (unpaired) electrons. The summed E-state index contributed by atoms with van der Waals surface area (Å²) >= 11 is 13.6. The Hall–Kier alpha value is -2.42. The van der Waals surface area contributed by atoms with E-state index < -0.39 is 4.92 Å². The van der Waals surface area contributed by atoms with Crippen molar-refractivity contribution in [3.05, 3.63) is 79.6 Å². The summed E-state index contributed by atoms with van der Waals surface area (Å²) in [5.41, 5.74) is 1.69. The third-order valence-corrected chi connectivity index (χ3v) is 5.12. The molecule has 0 aliphatic rings. The Morgan fingerprint density at radius 1 is 1.22 bits per heavy atom. The molecule has 7 nitrogen and oxygen atoms in total. The van der Waals surface area contributed by atoms with Crippen molar-refractivity contribution in [2.45, 2.75) is 17.8 Å². The third-order valence-electron chi connectivity index (χ3n) is 3.57. The van der Waals surface area contributed by atoms with E-state index in [9.17, 15) is 10.1 Å². The molecular weight excluding hydrogens is 409 g/mol. The van der Waals surface area contributed by atoms with Gasteiger partial charge in [0.15, 0.2) is 5.82 Å².